The van der Waals surface area contributed by atoms with Gasteiger partial charge < -0.3 is 10.1 Å². The monoisotopic (exact) mass is 345 g/mol. The Kier molecular flexibility index (Phi) is 9.46. The first-order valence-corrected chi connectivity index (χ1v) is 7.67. The van der Waals surface area contributed by atoms with Crippen LogP contribution in [-0.4, -0.2) is 66.9 Å². The molecule has 5 nitrogen and oxygen atoms in total. The average molecular weight is 346 g/mol. The van der Waals surface area contributed by atoms with Crippen molar-refractivity contribution in [2.45, 2.75) is 25.4 Å². The van der Waals surface area contributed by atoms with Crippen LogP contribution < -0.4 is 10.6 Å². The molecule has 2 aliphatic rings. The van der Waals surface area contributed by atoms with E-state index in [0.717, 1.165) is 37.9 Å². The molecule has 0 radical (unpaired) electrons. The van der Waals surface area contributed by atoms with Gasteiger partial charge in [0.05, 0.1) is 19.3 Å². The van der Waals surface area contributed by atoms with Crippen molar-refractivity contribution in [1.82, 2.24) is 15.5 Å². The van der Waals surface area contributed by atoms with Crippen molar-refractivity contribution in [3.8, 4) is 0 Å². The van der Waals surface area contributed by atoms with Crippen molar-refractivity contribution in [3.05, 3.63) is 0 Å². The van der Waals surface area contributed by atoms with Crippen LogP contribution in [0, 0.1) is 0 Å². The summed E-state index contributed by atoms with van der Waals surface area (Å²) >= 11 is 1.77. The zero-order chi connectivity index (χ0) is 13.0. The Bertz CT molecular complexity index is 302. The van der Waals surface area contributed by atoms with E-state index in [1.54, 1.807) is 11.8 Å². The molecule has 0 saturated carbocycles. The Morgan fingerprint density at radius 2 is 2.25 bits per heavy atom. The number of ether oxygens (including phenoxy) is 1. The Hall–Kier alpha value is 0.280. The molecule has 1 unspecified atom stereocenters. The SMILES string of the molecule is CC1(C)COCCN1CCNC(=O)C1CSCN1.Cl.Cl. The van der Waals surface area contributed by atoms with Gasteiger partial charge in [0.1, 0.15) is 0 Å². The summed E-state index contributed by atoms with van der Waals surface area (Å²) in [5.74, 6) is 1.90. The van der Waals surface area contributed by atoms with E-state index in [1.165, 1.54) is 0 Å². The molecule has 1 amide bonds. The number of rotatable bonds is 4. The Morgan fingerprint density at radius 1 is 1.50 bits per heavy atom. The molecule has 0 aromatic carbocycles. The van der Waals surface area contributed by atoms with E-state index >= 15 is 0 Å². The minimum absolute atomic E-state index is 0. The van der Waals surface area contributed by atoms with Gasteiger partial charge in [0, 0.05) is 36.8 Å². The number of hydrogen-bond acceptors (Lipinski definition) is 5. The molecule has 0 bridgehead atoms. The lowest BCUT2D eigenvalue weighted by Crippen LogP contribution is -2.55. The molecule has 8 heteroatoms. The molecule has 1 atom stereocenters. The van der Waals surface area contributed by atoms with Crippen LogP contribution >= 0.6 is 36.6 Å². The second-order valence-corrected chi connectivity index (χ2v) is 6.45. The Morgan fingerprint density at radius 3 is 2.85 bits per heavy atom. The summed E-state index contributed by atoms with van der Waals surface area (Å²) in [5.41, 5.74) is 0.0738. The zero-order valence-electron chi connectivity index (χ0n) is 12.0. The van der Waals surface area contributed by atoms with Gasteiger partial charge in [-0.3, -0.25) is 15.0 Å². The van der Waals surface area contributed by atoms with Crippen molar-refractivity contribution in [3.63, 3.8) is 0 Å². The smallest absolute Gasteiger partial charge is 0.238 e. The molecule has 20 heavy (non-hydrogen) atoms. The number of morpholine rings is 1. The van der Waals surface area contributed by atoms with Crippen LogP contribution in [0.15, 0.2) is 0 Å². The normalized spacial score (nSPS) is 25.4. The topological polar surface area (TPSA) is 53.6 Å². The van der Waals surface area contributed by atoms with E-state index in [0.29, 0.717) is 6.54 Å². The van der Waals surface area contributed by atoms with E-state index in [-0.39, 0.29) is 42.3 Å². The van der Waals surface area contributed by atoms with Crippen molar-refractivity contribution < 1.29 is 9.53 Å². The van der Waals surface area contributed by atoms with E-state index in [2.05, 4.69) is 29.4 Å². The van der Waals surface area contributed by atoms with Crippen molar-refractivity contribution in [2.24, 2.45) is 0 Å². The Labute approximate surface area is 137 Å². The van der Waals surface area contributed by atoms with Gasteiger partial charge >= 0.3 is 0 Å². The summed E-state index contributed by atoms with van der Waals surface area (Å²) in [6.07, 6.45) is 0. The fourth-order valence-electron chi connectivity index (χ4n) is 2.31. The van der Waals surface area contributed by atoms with Crippen molar-refractivity contribution in [1.29, 1.82) is 0 Å². The largest absolute Gasteiger partial charge is 0.378 e. The third-order valence-electron chi connectivity index (χ3n) is 3.53. The number of thioether (sulfide) groups is 1. The van der Waals surface area contributed by atoms with Crippen LogP contribution in [0.4, 0.5) is 0 Å². The maximum atomic E-state index is 11.8. The van der Waals surface area contributed by atoms with Crippen molar-refractivity contribution in [2.75, 3.05) is 44.5 Å². The molecule has 0 aromatic heterocycles. The highest BCUT2D eigenvalue weighted by atomic mass is 35.5. The number of hydrogen-bond donors (Lipinski definition) is 2. The number of carbonyl (C=O) groups is 1. The minimum atomic E-state index is -0.00676. The van der Waals surface area contributed by atoms with E-state index in [9.17, 15) is 4.79 Å². The van der Waals surface area contributed by atoms with Gasteiger partial charge in [-0.05, 0) is 13.8 Å². The molecule has 2 rings (SSSR count). The number of halogens is 2. The second-order valence-electron chi connectivity index (χ2n) is 5.41. The maximum absolute atomic E-state index is 11.8. The highest BCUT2D eigenvalue weighted by Gasteiger charge is 2.30. The summed E-state index contributed by atoms with van der Waals surface area (Å²) in [6, 6.07) is -0.00676. The molecule has 2 aliphatic heterocycles. The van der Waals surface area contributed by atoms with Gasteiger partial charge in [-0.25, -0.2) is 0 Å². The zero-order valence-corrected chi connectivity index (χ0v) is 14.5. The van der Waals surface area contributed by atoms with E-state index in [1.807, 2.05) is 0 Å². The van der Waals surface area contributed by atoms with Gasteiger partial charge in [-0.1, -0.05) is 0 Å². The first-order valence-electron chi connectivity index (χ1n) is 6.51. The number of amides is 1. The fourth-order valence-corrected chi connectivity index (χ4v) is 3.25. The summed E-state index contributed by atoms with van der Waals surface area (Å²) in [4.78, 5) is 14.2. The van der Waals surface area contributed by atoms with Crippen LogP contribution in [-0.2, 0) is 9.53 Å². The van der Waals surface area contributed by atoms with E-state index in [4.69, 9.17) is 4.74 Å². The van der Waals surface area contributed by atoms with Gasteiger partial charge in [-0.15, -0.1) is 36.6 Å². The quantitative estimate of drug-likeness (QED) is 0.786. The van der Waals surface area contributed by atoms with Crippen LogP contribution in [0.2, 0.25) is 0 Å². The number of carbonyl (C=O) groups excluding carboxylic acids is 1. The second kappa shape index (κ2) is 9.33. The molecule has 2 heterocycles. The van der Waals surface area contributed by atoms with Gasteiger partial charge in [0.2, 0.25) is 5.91 Å². The van der Waals surface area contributed by atoms with Crippen LogP contribution in [0.25, 0.3) is 0 Å². The molecular formula is C12H25Cl2N3O2S. The van der Waals surface area contributed by atoms with Crippen LogP contribution in [0.1, 0.15) is 13.8 Å². The number of nitrogens with one attached hydrogen (secondary N) is 2. The molecule has 120 valence electrons. The molecule has 2 N–H and O–H groups in total. The fraction of sp³-hybridized carbons (Fsp3) is 0.917. The highest BCUT2D eigenvalue weighted by Crippen LogP contribution is 2.17. The van der Waals surface area contributed by atoms with Crippen LogP contribution in [0.5, 0.6) is 0 Å². The third kappa shape index (κ3) is 5.58. The lowest BCUT2D eigenvalue weighted by molar-refractivity contribution is -0.122. The minimum Gasteiger partial charge on any atom is -0.378 e. The lowest BCUT2D eigenvalue weighted by atomic mass is 10.0. The molecule has 0 spiro atoms. The Balaban J connectivity index is 0.00000180. The first kappa shape index (κ1) is 20.3. The maximum Gasteiger partial charge on any atom is 0.238 e. The summed E-state index contributed by atoms with van der Waals surface area (Å²) in [7, 11) is 0. The first-order chi connectivity index (χ1) is 8.59. The summed E-state index contributed by atoms with van der Waals surface area (Å²) < 4.78 is 5.48. The van der Waals surface area contributed by atoms with Gasteiger partial charge in [0.25, 0.3) is 0 Å². The third-order valence-corrected chi connectivity index (χ3v) is 4.47. The predicted octanol–water partition coefficient (Wildman–Crippen LogP) is 0.720. The average Bonchev–Trinajstić information content (AvgIpc) is 2.84. The van der Waals surface area contributed by atoms with Crippen LogP contribution in [0.3, 0.4) is 0 Å². The summed E-state index contributed by atoms with van der Waals surface area (Å²) in [6.45, 7) is 8.47. The number of nitrogens with zero attached hydrogens (tertiary/aromatic N) is 1. The van der Waals surface area contributed by atoms with E-state index < -0.39 is 0 Å². The van der Waals surface area contributed by atoms with Gasteiger partial charge in [0.15, 0.2) is 0 Å². The predicted molar refractivity (Wildman–Crippen MR) is 88.2 cm³/mol. The molecule has 0 aromatic rings. The highest BCUT2D eigenvalue weighted by molar-refractivity contribution is 7.99. The summed E-state index contributed by atoms with van der Waals surface area (Å²) in [5, 5.41) is 6.19. The molecular weight excluding hydrogens is 321 g/mol. The molecule has 2 saturated heterocycles. The molecule has 0 aliphatic carbocycles. The lowest BCUT2D eigenvalue weighted by Gasteiger charge is -2.42. The standard InChI is InChI=1S/C12H23N3O2S.2ClH/c1-12(2)8-17-6-5-15(12)4-3-13-11(16)10-7-18-9-14-10;;/h10,14H,3-9H2,1-2H3,(H,13,16);2*1H. The van der Waals surface area contributed by atoms with Gasteiger partial charge in [-0.2, -0.15) is 0 Å². The molecule has 2 fully saturated rings. The van der Waals surface area contributed by atoms with Crippen molar-refractivity contribution >= 4 is 42.5 Å².